The van der Waals surface area contributed by atoms with Crippen molar-refractivity contribution in [3.05, 3.63) is 357 Å². The first kappa shape index (κ1) is 115. The molecule has 7 unspecified atom stereocenters. The van der Waals surface area contributed by atoms with Gasteiger partial charge in [0.1, 0.15) is 58.4 Å². The lowest BCUT2D eigenvalue weighted by Gasteiger charge is -2.26. The highest BCUT2D eigenvalue weighted by molar-refractivity contribution is 5.53. The molecule has 17 nitrogen and oxygen atoms in total. The highest BCUT2D eigenvalue weighted by atomic mass is 16.7. The van der Waals surface area contributed by atoms with Crippen LogP contribution in [0, 0.1) is 11.8 Å². The van der Waals surface area contributed by atoms with Gasteiger partial charge in [-0.1, -0.05) is 319 Å². The Morgan fingerprint density at radius 1 is 0.287 bits per heavy atom. The van der Waals surface area contributed by atoms with Crippen LogP contribution < -0.4 is 42.6 Å². The van der Waals surface area contributed by atoms with Crippen molar-refractivity contribution in [2.75, 3.05) is 60.2 Å². The SMILES string of the molecule is C=Cc1ccc(OC(C)OC2CCCCC2)cc1.C=Cc1ccc(OC(C)OCC(C)C)cc1.C=Cc1ccc(OC(C)OCC)cc1.C=Cc1ccc(OC(C)OCCC2CCCCC2)cc1.C=Cc1ccc(OC(C)OCCOc2ccccc2)cc1.C=Cc1ccc(OC(C)OCCc2ccccc2)cc1.C=Cc1ccc(OC(CC)OCC)cc1.C=Cc1ccc(OCOC)cc1. The number of rotatable bonds is 48. The number of ether oxygens (including phenoxy) is 17. The van der Waals surface area contributed by atoms with Crippen LogP contribution in [-0.4, -0.2) is 110 Å². The fourth-order valence-electron chi connectivity index (χ4n) is 13.3. The van der Waals surface area contributed by atoms with Crippen molar-refractivity contribution >= 4 is 48.6 Å². The molecule has 0 radical (unpaired) electrons. The zero-order chi connectivity index (χ0) is 98.4. The van der Waals surface area contributed by atoms with Gasteiger partial charge in [-0.15, -0.1) is 0 Å². The normalized spacial score (nSPS) is 13.4. The van der Waals surface area contributed by atoms with Gasteiger partial charge in [-0.05, 0) is 252 Å². The first-order valence-electron chi connectivity index (χ1n) is 47.8. The minimum atomic E-state index is -0.320. The molecule has 0 spiro atoms. The number of para-hydroxylation sites is 1. The maximum atomic E-state index is 5.91. The van der Waals surface area contributed by atoms with Gasteiger partial charge in [0.25, 0.3) is 0 Å². The summed E-state index contributed by atoms with van der Waals surface area (Å²) in [6.07, 6.45) is 29.5. The van der Waals surface area contributed by atoms with Crippen molar-refractivity contribution in [1.29, 1.82) is 0 Å². The zero-order valence-corrected chi connectivity index (χ0v) is 83.1. The predicted molar refractivity (Wildman–Crippen MR) is 563 cm³/mol. The van der Waals surface area contributed by atoms with Gasteiger partial charge in [0.2, 0.25) is 0 Å². The second kappa shape index (κ2) is 71.5. The van der Waals surface area contributed by atoms with Gasteiger partial charge in [0.15, 0.2) is 50.8 Å². The van der Waals surface area contributed by atoms with Gasteiger partial charge in [0, 0.05) is 26.7 Å². The Morgan fingerprint density at radius 3 is 0.926 bits per heavy atom. The summed E-state index contributed by atoms with van der Waals surface area (Å²) in [7, 11) is 1.60. The molecule has 2 aliphatic rings. The molecule has 0 heterocycles. The molecule has 0 aromatic heterocycles. The van der Waals surface area contributed by atoms with Crippen LogP contribution in [0.1, 0.15) is 203 Å². The first-order chi connectivity index (χ1) is 66.1. The van der Waals surface area contributed by atoms with Crippen LogP contribution in [0.25, 0.3) is 48.6 Å². The molecule has 0 aliphatic heterocycles. The minimum absolute atomic E-state index is 0.149. The third-order valence-corrected chi connectivity index (χ3v) is 20.7. The van der Waals surface area contributed by atoms with Gasteiger partial charge >= 0.3 is 0 Å². The second-order valence-corrected chi connectivity index (χ2v) is 32.1. The summed E-state index contributed by atoms with van der Waals surface area (Å²) in [6, 6.07) is 82.3. The lowest BCUT2D eigenvalue weighted by atomic mass is 9.87. The fourth-order valence-corrected chi connectivity index (χ4v) is 13.3. The molecule has 136 heavy (non-hydrogen) atoms. The molecule has 10 aromatic carbocycles. The van der Waals surface area contributed by atoms with Crippen molar-refractivity contribution < 1.29 is 80.5 Å². The molecule has 0 amide bonds. The monoisotopic (exact) mass is 1860 g/mol. The van der Waals surface area contributed by atoms with E-state index >= 15 is 0 Å². The molecule has 2 aliphatic carbocycles. The Kier molecular flexibility index (Phi) is 60.2. The van der Waals surface area contributed by atoms with Crippen molar-refractivity contribution in [1.82, 2.24) is 0 Å². The van der Waals surface area contributed by atoms with Gasteiger partial charge in [0.05, 0.1) is 32.5 Å². The van der Waals surface area contributed by atoms with E-state index in [9.17, 15) is 0 Å². The quantitative estimate of drug-likeness (QED) is 0.0262. The maximum absolute atomic E-state index is 5.91. The summed E-state index contributed by atoms with van der Waals surface area (Å²) in [5.41, 5.74) is 9.96. The lowest BCUT2D eigenvalue weighted by molar-refractivity contribution is -0.116. The molecule has 17 heteroatoms. The van der Waals surface area contributed by atoms with E-state index in [0.717, 1.165) is 122 Å². The van der Waals surface area contributed by atoms with Crippen molar-refractivity contribution in [2.45, 2.75) is 210 Å². The number of benzene rings is 10. The Hall–Kier alpha value is -12.0. The van der Waals surface area contributed by atoms with Gasteiger partial charge in [-0.3, -0.25) is 0 Å². The Morgan fingerprint density at radius 2 is 0.588 bits per heavy atom. The van der Waals surface area contributed by atoms with Crippen molar-refractivity contribution in [3.63, 3.8) is 0 Å². The Bertz CT molecular complexity index is 4720. The third kappa shape index (κ3) is 52.8. The summed E-state index contributed by atoms with van der Waals surface area (Å²) in [5, 5.41) is 0. The lowest BCUT2D eigenvalue weighted by Crippen LogP contribution is -2.26. The van der Waals surface area contributed by atoms with Crippen LogP contribution in [0.5, 0.6) is 51.7 Å². The Labute approximate surface area is 815 Å². The maximum Gasteiger partial charge on any atom is 0.199 e. The predicted octanol–water partition coefficient (Wildman–Crippen LogP) is 30.5. The molecule has 732 valence electrons. The van der Waals surface area contributed by atoms with E-state index in [1.165, 1.54) is 76.2 Å². The molecular weight excluding hydrogens is 1700 g/mol. The molecule has 2 fully saturated rings. The Balaban J connectivity index is 0.000000276. The third-order valence-electron chi connectivity index (χ3n) is 20.7. The molecule has 2 saturated carbocycles. The van der Waals surface area contributed by atoms with Crippen LogP contribution in [0.3, 0.4) is 0 Å². The largest absolute Gasteiger partial charge is 0.491 e. The second-order valence-electron chi connectivity index (χ2n) is 32.1. The van der Waals surface area contributed by atoms with Crippen LogP contribution in [-0.2, 0) is 44.3 Å². The van der Waals surface area contributed by atoms with Crippen LogP contribution >= 0.6 is 0 Å². The summed E-state index contributed by atoms with van der Waals surface area (Å²) < 4.78 is 94.2. The van der Waals surface area contributed by atoms with Gasteiger partial charge in [-0.25, -0.2) is 0 Å². The molecule has 0 N–H and O–H groups in total. The molecule has 0 saturated heterocycles. The fraction of sp³-hybridized carbons (Fsp3) is 0.361. The molecular formula is C119H154O17. The van der Waals surface area contributed by atoms with Crippen LogP contribution in [0.4, 0.5) is 0 Å². The van der Waals surface area contributed by atoms with Crippen LogP contribution in [0.15, 0.2) is 307 Å². The van der Waals surface area contributed by atoms with Crippen molar-refractivity contribution in [2.24, 2.45) is 11.8 Å². The average molecular weight is 1860 g/mol. The van der Waals surface area contributed by atoms with E-state index < -0.39 is 0 Å². The highest BCUT2D eigenvalue weighted by Gasteiger charge is 2.19. The smallest absolute Gasteiger partial charge is 0.199 e. The molecule has 0 bridgehead atoms. The van der Waals surface area contributed by atoms with E-state index in [0.29, 0.717) is 51.7 Å². The standard InChI is InChI=1S/C18H20O3.C18H26O2.C18H20O2.C16H22O2.C14H20O2.C13H18O2.C12H16O2.C10H12O2/c1-3-16-9-11-18(12-10-16)21-15(2)19-13-14-20-17-7-5-4-6-8-17;2*1-3-16-9-11-18(12-10-16)20-15(2)19-14-13-17-7-5-4-6-8-17;1-3-14-9-11-16(12-10-14)18-13(2)17-15-7-5-4-6-8-15;1-5-13-6-8-14(9-7-13)16-12(4)15-10-11(2)3;1-4-11-7-9-12(10-8-11)15-13(5-2)14-6-3;1-4-11-6-8-12(9-7-11)14-10(3)13-5-2;1-3-9-4-6-10(7-5-9)12-8-11-2/h3-12,15H,1,13-14H2,2H3;3,9-12,15,17H,1,4-8,13-14H2,2H3;3-12,15H,1,13-14H2,2H3;3,9-13,15H,1,4-8H2,2H3;5-9,11-12H,1,10H2,2-4H3;4,7-10,13H,1,5-6H2,2-3H3;4,6-10H,1,5H2,2-3H3;3-7H,1,8H2,2H3. The number of hydrogen-bond donors (Lipinski definition) is 0. The van der Waals surface area contributed by atoms with Crippen LogP contribution in [0.2, 0.25) is 0 Å². The number of hydrogen-bond acceptors (Lipinski definition) is 17. The number of methoxy groups -OCH3 is 1. The highest BCUT2D eigenvalue weighted by Crippen LogP contribution is 2.29. The van der Waals surface area contributed by atoms with E-state index in [1.807, 2.05) is 335 Å². The topological polar surface area (TPSA) is 157 Å². The summed E-state index contributed by atoms with van der Waals surface area (Å²) in [5.74, 6) is 8.79. The summed E-state index contributed by atoms with van der Waals surface area (Å²) in [6.45, 7) is 56.1. The first-order valence-corrected chi connectivity index (χ1v) is 47.8. The van der Waals surface area contributed by atoms with E-state index in [-0.39, 0.29) is 50.8 Å². The zero-order valence-electron chi connectivity index (χ0n) is 83.1. The molecule has 12 rings (SSSR count). The average Bonchev–Trinajstić information content (AvgIpc) is 0.896. The summed E-state index contributed by atoms with van der Waals surface area (Å²) >= 11 is 0. The van der Waals surface area contributed by atoms with E-state index in [2.05, 4.69) is 78.6 Å². The molecule has 7 atom stereocenters. The van der Waals surface area contributed by atoms with Crippen molar-refractivity contribution in [3.8, 4) is 51.7 Å². The van der Waals surface area contributed by atoms with Gasteiger partial charge < -0.3 is 80.5 Å². The van der Waals surface area contributed by atoms with E-state index in [1.54, 1.807) is 25.3 Å². The van der Waals surface area contributed by atoms with Gasteiger partial charge in [-0.2, -0.15) is 0 Å². The minimum Gasteiger partial charge on any atom is -0.491 e. The van der Waals surface area contributed by atoms with E-state index in [4.69, 9.17) is 80.5 Å². The molecule has 10 aromatic rings. The summed E-state index contributed by atoms with van der Waals surface area (Å²) in [4.78, 5) is 0.